The molecule has 2 rings (SSSR count). The molecule has 1 fully saturated rings. The van der Waals surface area contributed by atoms with Crippen LogP contribution in [0.1, 0.15) is 28.8 Å². The van der Waals surface area contributed by atoms with Gasteiger partial charge in [0.05, 0.1) is 0 Å². The third-order valence-electron chi connectivity index (χ3n) is 3.46. The highest BCUT2D eigenvalue weighted by Gasteiger charge is 2.25. The van der Waals surface area contributed by atoms with Crippen LogP contribution in [0, 0.1) is 5.82 Å². The number of carbonyl (C=O) groups is 1. The molecule has 0 saturated heterocycles. The lowest BCUT2D eigenvalue weighted by atomic mass is 10.1. The highest BCUT2D eigenvalue weighted by molar-refractivity contribution is 5.92. The molecule has 0 aliphatic heterocycles. The Balaban J connectivity index is 1.77. The summed E-state index contributed by atoms with van der Waals surface area (Å²) in [6.45, 7) is 2.25. The van der Waals surface area contributed by atoms with E-state index >= 15 is 0 Å². The molecule has 0 spiro atoms. The second-order valence-corrected chi connectivity index (χ2v) is 5.06. The molecule has 1 aromatic carbocycles. The molecule has 5 heteroatoms. The van der Waals surface area contributed by atoms with Crippen molar-refractivity contribution in [1.82, 2.24) is 10.2 Å². The summed E-state index contributed by atoms with van der Waals surface area (Å²) in [5, 5.41) is 3.21. The zero-order valence-corrected chi connectivity index (χ0v) is 11.2. The number of carbonyl (C=O) groups excluding carboxylic acids is 1. The van der Waals surface area contributed by atoms with Gasteiger partial charge < -0.3 is 16.0 Å². The fourth-order valence-corrected chi connectivity index (χ4v) is 2.02. The van der Waals surface area contributed by atoms with E-state index in [4.69, 9.17) is 5.73 Å². The summed E-state index contributed by atoms with van der Waals surface area (Å²) in [7, 11) is 2.11. The summed E-state index contributed by atoms with van der Waals surface area (Å²) in [5.74, 6) is -0.996. The average molecular weight is 265 g/mol. The maximum Gasteiger partial charge on any atom is 0.248 e. The lowest BCUT2D eigenvalue weighted by Crippen LogP contribution is -2.30. The van der Waals surface area contributed by atoms with Crippen LogP contribution in [0.5, 0.6) is 0 Å². The van der Waals surface area contributed by atoms with Crippen LogP contribution in [0.25, 0.3) is 0 Å². The first kappa shape index (κ1) is 14.0. The Hall–Kier alpha value is -1.46. The Morgan fingerprint density at radius 3 is 2.84 bits per heavy atom. The standard InChI is InChI=1S/C14H20FN3O/c1-18(12-4-5-12)7-6-17-9-11-3-2-10(14(16)19)8-13(11)15/h2-3,8,12,17H,4-7,9H2,1H3,(H2,16,19). The van der Waals surface area contributed by atoms with Gasteiger partial charge in [-0.2, -0.15) is 0 Å². The Labute approximate surface area is 112 Å². The fourth-order valence-electron chi connectivity index (χ4n) is 2.02. The van der Waals surface area contributed by atoms with E-state index < -0.39 is 5.91 Å². The molecule has 0 heterocycles. The van der Waals surface area contributed by atoms with Crippen molar-refractivity contribution in [3.63, 3.8) is 0 Å². The van der Waals surface area contributed by atoms with Crippen molar-refractivity contribution in [3.8, 4) is 0 Å². The van der Waals surface area contributed by atoms with Crippen molar-refractivity contribution in [1.29, 1.82) is 0 Å². The van der Waals surface area contributed by atoms with Crippen molar-refractivity contribution in [2.75, 3.05) is 20.1 Å². The van der Waals surface area contributed by atoms with Gasteiger partial charge in [-0.1, -0.05) is 6.07 Å². The predicted octanol–water partition coefficient (Wildman–Crippen LogP) is 1.11. The summed E-state index contributed by atoms with van der Waals surface area (Å²) in [5.41, 5.74) is 5.85. The second-order valence-electron chi connectivity index (χ2n) is 5.06. The molecule has 0 aromatic heterocycles. The molecular weight excluding hydrogens is 245 g/mol. The highest BCUT2D eigenvalue weighted by Crippen LogP contribution is 2.24. The van der Waals surface area contributed by atoms with Gasteiger partial charge in [0.1, 0.15) is 5.82 Å². The van der Waals surface area contributed by atoms with Gasteiger partial charge in [0.25, 0.3) is 0 Å². The molecule has 0 unspecified atom stereocenters. The van der Waals surface area contributed by atoms with Crippen molar-refractivity contribution in [3.05, 3.63) is 35.1 Å². The van der Waals surface area contributed by atoms with Gasteiger partial charge in [-0.15, -0.1) is 0 Å². The Morgan fingerprint density at radius 2 is 2.26 bits per heavy atom. The molecule has 3 N–H and O–H groups in total. The Kier molecular flexibility index (Phi) is 4.50. The molecule has 104 valence electrons. The summed E-state index contributed by atoms with van der Waals surface area (Å²) in [4.78, 5) is 13.2. The van der Waals surface area contributed by atoms with Gasteiger partial charge in [0.2, 0.25) is 5.91 Å². The van der Waals surface area contributed by atoms with Crippen LogP contribution >= 0.6 is 0 Å². The topological polar surface area (TPSA) is 58.4 Å². The Morgan fingerprint density at radius 1 is 1.53 bits per heavy atom. The molecular formula is C14H20FN3O. The summed E-state index contributed by atoms with van der Waals surface area (Å²) >= 11 is 0. The fraction of sp³-hybridized carbons (Fsp3) is 0.500. The summed E-state index contributed by atoms with van der Waals surface area (Å²) in [6.07, 6.45) is 2.58. The Bertz CT molecular complexity index is 460. The summed E-state index contributed by atoms with van der Waals surface area (Å²) in [6, 6.07) is 5.09. The number of rotatable bonds is 7. The molecule has 1 aromatic rings. The minimum Gasteiger partial charge on any atom is -0.366 e. The number of nitrogens with two attached hydrogens (primary N) is 1. The lowest BCUT2D eigenvalue weighted by Gasteiger charge is -2.15. The highest BCUT2D eigenvalue weighted by atomic mass is 19.1. The number of nitrogens with zero attached hydrogens (tertiary/aromatic N) is 1. The molecule has 0 radical (unpaired) electrons. The molecule has 1 aliphatic rings. The van der Waals surface area contributed by atoms with Crippen LogP contribution in [0.15, 0.2) is 18.2 Å². The number of nitrogens with one attached hydrogen (secondary N) is 1. The lowest BCUT2D eigenvalue weighted by molar-refractivity contribution is 0.1000. The average Bonchev–Trinajstić information content (AvgIpc) is 3.19. The third kappa shape index (κ3) is 4.01. The quantitative estimate of drug-likeness (QED) is 0.726. The van der Waals surface area contributed by atoms with Gasteiger partial charge in [-0.05, 0) is 32.0 Å². The number of likely N-dealkylation sites (N-methyl/N-ethyl adjacent to an activating group) is 1. The van der Waals surface area contributed by atoms with Gasteiger partial charge in [0.15, 0.2) is 0 Å². The maximum atomic E-state index is 13.7. The minimum atomic E-state index is -0.607. The van der Waals surface area contributed by atoms with Crippen LogP contribution in [0.2, 0.25) is 0 Å². The molecule has 0 atom stereocenters. The number of primary amides is 1. The molecule has 1 aliphatic carbocycles. The zero-order valence-electron chi connectivity index (χ0n) is 11.2. The van der Waals surface area contributed by atoms with Gasteiger partial charge in [0, 0.05) is 36.8 Å². The number of hydrogen-bond donors (Lipinski definition) is 2. The van der Waals surface area contributed by atoms with E-state index in [0.29, 0.717) is 12.1 Å². The molecule has 4 nitrogen and oxygen atoms in total. The van der Waals surface area contributed by atoms with Crippen LogP contribution in [-0.4, -0.2) is 37.0 Å². The number of amides is 1. The van der Waals surface area contributed by atoms with E-state index in [1.807, 2.05) is 0 Å². The van der Waals surface area contributed by atoms with Gasteiger partial charge in [-0.3, -0.25) is 4.79 Å². The van der Waals surface area contributed by atoms with Crippen molar-refractivity contribution in [2.45, 2.75) is 25.4 Å². The van der Waals surface area contributed by atoms with E-state index in [2.05, 4.69) is 17.3 Å². The molecule has 0 bridgehead atoms. The largest absolute Gasteiger partial charge is 0.366 e. The first-order chi connectivity index (χ1) is 9.08. The van der Waals surface area contributed by atoms with E-state index in [9.17, 15) is 9.18 Å². The maximum absolute atomic E-state index is 13.7. The number of hydrogen-bond acceptors (Lipinski definition) is 3. The van der Waals surface area contributed by atoms with Crippen LogP contribution in [-0.2, 0) is 6.54 Å². The smallest absolute Gasteiger partial charge is 0.248 e. The number of halogens is 1. The van der Waals surface area contributed by atoms with Crippen molar-refractivity contribution in [2.24, 2.45) is 5.73 Å². The van der Waals surface area contributed by atoms with Crippen molar-refractivity contribution >= 4 is 5.91 Å². The van der Waals surface area contributed by atoms with E-state index in [0.717, 1.165) is 19.1 Å². The van der Waals surface area contributed by atoms with E-state index in [-0.39, 0.29) is 11.4 Å². The van der Waals surface area contributed by atoms with Gasteiger partial charge in [-0.25, -0.2) is 4.39 Å². The second kappa shape index (κ2) is 6.12. The molecule has 1 saturated carbocycles. The molecule has 19 heavy (non-hydrogen) atoms. The van der Waals surface area contributed by atoms with Crippen molar-refractivity contribution < 1.29 is 9.18 Å². The van der Waals surface area contributed by atoms with Crippen LogP contribution < -0.4 is 11.1 Å². The summed E-state index contributed by atoms with van der Waals surface area (Å²) < 4.78 is 13.7. The predicted molar refractivity (Wildman–Crippen MR) is 72.3 cm³/mol. The number of benzene rings is 1. The molecule has 1 amide bonds. The van der Waals surface area contributed by atoms with Crippen LogP contribution in [0.3, 0.4) is 0 Å². The minimum absolute atomic E-state index is 0.203. The van der Waals surface area contributed by atoms with Gasteiger partial charge >= 0.3 is 0 Å². The monoisotopic (exact) mass is 265 g/mol. The zero-order chi connectivity index (χ0) is 13.8. The van der Waals surface area contributed by atoms with E-state index in [1.165, 1.54) is 18.9 Å². The normalized spacial score (nSPS) is 14.9. The van der Waals surface area contributed by atoms with Crippen LogP contribution in [0.4, 0.5) is 4.39 Å². The first-order valence-corrected chi connectivity index (χ1v) is 6.57. The third-order valence-corrected chi connectivity index (χ3v) is 3.46. The first-order valence-electron chi connectivity index (χ1n) is 6.57. The van der Waals surface area contributed by atoms with E-state index in [1.54, 1.807) is 12.1 Å². The SMILES string of the molecule is CN(CCNCc1ccc(C(N)=O)cc1F)C1CC1.